The number of hydrogen-bond donors (Lipinski definition) is 1. The normalized spacial score (nSPS) is 20.8. The molecule has 0 aliphatic heterocycles. The quantitative estimate of drug-likeness (QED) is 0.795. The van der Waals surface area contributed by atoms with E-state index in [4.69, 9.17) is 0 Å². The van der Waals surface area contributed by atoms with Gasteiger partial charge < -0.3 is 10.1 Å². The monoisotopic (exact) mass is 357 g/mol. The molecule has 1 amide bonds. The van der Waals surface area contributed by atoms with E-state index < -0.39 is 30.6 Å². The van der Waals surface area contributed by atoms with Crippen LogP contribution in [-0.2, 0) is 20.7 Å². The van der Waals surface area contributed by atoms with Gasteiger partial charge in [-0.05, 0) is 24.8 Å². The van der Waals surface area contributed by atoms with Crippen LogP contribution in [0.1, 0.15) is 31.2 Å². The highest BCUT2D eigenvalue weighted by molar-refractivity contribution is 5.85. The first-order valence-corrected chi connectivity index (χ1v) is 8.42. The minimum atomic E-state index is -4.56. The summed E-state index contributed by atoms with van der Waals surface area (Å²) in [5.74, 6) is -2.64. The molecule has 2 rings (SSSR count). The van der Waals surface area contributed by atoms with Gasteiger partial charge in [0.2, 0.25) is 5.91 Å². The number of carbonyl (C=O) groups is 2. The third-order valence-corrected chi connectivity index (χ3v) is 4.34. The number of esters is 1. The molecule has 0 spiro atoms. The molecule has 0 bridgehead atoms. The fourth-order valence-corrected chi connectivity index (χ4v) is 3.09. The van der Waals surface area contributed by atoms with Crippen LogP contribution in [0, 0.1) is 11.8 Å². The maximum absolute atomic E-state index is 12.4. The van der Waals surface area contributed by atoms with Crippen LogP contribution < -0.4 is 5.32 Å². The second-order valence-electron chi connectivity index (χ2n) is 6.25. The van der Waals surface area contributed by atoms with E-state index in [2.05, 4.69) is 10.1 Å². The molecule has 25 heavy (non-hydrogen) atoms. The van der Waals surface area contributed by atoms with Gasteiger partial charge in [-0.15, -0.1) is 0 Å². The minimum Gasteiger partial charge on any atom is -0.456 e. The van der Waals surface area contributed by atoms with E-state index in [-0.39, 0.29) is 5.91 Å². The first kappa shape index (κ1) is 19.3. The van der Waals surface area contributed by atoms with Crippen molar-refractivity contribution in [3.63, 3.8) is 0 Å². The van der Waals surface area contributed by atoms with Crippen molar-refractivity contribution in [2.75, 3.05) is 13.2 Å². The van der Waals surface area contributed by atoms with E-state index in [1.54, 1.807) is 0 Å². The Kier molecular flexibility index (Phi) is 6.84. The number of halogens is 3. The molecule has 1 saturated carbocycles. The van der Waals surface area contributed by atoms with Gasteiger partial charge in [-0.25, -0.2) is 0 Å². The highest BCUT2D eigenvalue weighted by atomic mass is 19.4. The average molecular weight is 357 g/mol. The van der Waals surface area contributed by atoms with Crippen LogP contribution in [0.3, 0.4) is 0 Å². The van der Waals surface area contributed by atoms with Crippen molar-refractivity contribution in [3.8, 4) is 0 Å². The Labute approximate surface area is 144 Å². The van der Waals surface area contributed by atoms with Crippen LogP contribution in [0.25, 0.3) is 0 Å². The number of benzene rings is 1. The predicted molar refractivity (Wildman–Crippen MR) is 85.6 cm³/mol. The largest absolute Gasteiger partial charge is 0.456 e. The molecule has 1 fully saturated rings. The highest BCUT2D eigenvalue weighted by Crippen LogP contribution is 2.31. The molecule has 0 aromatic heterocycles. The molecule has 0 heterocycles. The summed E-state index contributed by atoms with van der Waals surface area (Å²) >= 11 is 0. The molecule has 2 atom stereocenters. The highest BCUT2D eigenvalue weighted by Gasteiger charge is 2.38. The summed E-state index contributed by atoms with van der Waals surface area (Å²) in [5, 5.41) is 2.79. The lowest BCUT2D eigenvalue weighted by molar-refractivity contribution is -0.191. The fourth-order valence-electron chi connectivity index (χ4n) is 3.09. The number of alkyl halides is 3. The lowest BCUT2D eigenvalue weighted by Gasteiger charge is -2.29. The smallest absolute Gasteiger partial charge is 0.422 e. The zero-order valence-electron chi connectivity index (χ0n) is 13.8. The summed E-state index contributed by atoms with van der Waals surface area (Å²) in [6.45, 7) is -1.19. The average Bonchev–Trinajstić information content (AvgIpc) is 2.60. The van der Waals surface area contributed by atoms with Gasteiger partial charge in [0.05, 0.1) is 11.8 Å². The van der Waals surface area contributed by atoms with Gasteiger partial charge in [-0.2, -0.15) is 13.2 Å². The van der Waals surface area contributed by atoms with Crippen molar-refractivity contribution in [2.45, 2.75) is 38.3 Å². The Morgan fingerprint density at radius 3 is 2.36 bits per heavy atom. The summed E-state index contributed by atoms with van der Waals surface area (Å²) in [7, 11) is 0. The molecule has 1 aromatic rings. The lowest BCUT2D eigenvalue weighted by Crippen LogP contribution is -2.41. The Morgan fingerprint density at radius 1 is 1.08 bits per heavy atom. The number of amides is 1. The number of nitrogens with one attached hydrogen (secondary N) is 1. The summed E-state index contributed by atoms with van der Waals surface area (Å²) in [6, 6.07) is 9.62. The third kappa shape index (κ3) is 6.40. The molecule has 1 N–H and O–H groups in total. The Morgan fingerprint density at radius 2 is 1.72 bits per heavy atom. The first-order chi connectivity index (χ1) is 11.9. The summed E-state index contributed by atoms with van der Waals surface area (Å²) in [4.78, 5) is 24.3. The van der Waals surface area contributed by atoms with Crippen LogP contribution in [0.2, 0.25) is 0 Å². The van der Waals surface area contributed by atoms with Crippen LogP contribution >= 0.6 is 0 Å². The van der Waals surface area contributed by atoms with E-state index in [0.29, 0.717) is 32.2 Å². The van der Waals surface area contributed by atoms with Gasteiger partial charge in [0.1, 0.15) is 0 Å². The van der Waals surface area contributed by atoms with Crippen molar-refractivity contribution >= 4 is 11.9 Å². The molecule has 1 aromatic carbocycles. The number of rotatable bonds is 6. The molecule has 0 radical (unpaired) electrons. The topological polar surface area (TPSA) is 55.4 Å². The number of ether oxygens (including phenoxy) is 1. The molecule has 2 unspecified atom stereocenters. The van der Waals surface area contributed by atoms with Crippen LogP contribution in [0.5, 0.6) is 0 Å². The maximum atomic E-state index is 12.4. The van der Waals surface area contributed by atoms with Gasteiger partial charge in [-0.3, -0.25) is 9.59 Å². The van der Waals surface area contributed by atoms with E-state index in [1.807, 2.05) is 30.3 Å². The van der Waals surface area contributed by atoms with Crippen LogP contribution in [0.15, 0.2) is 30.3 Å². The molecular formula is C18H22F3NO3. The van der Waals surface area contributed by atoms with E-state index in [0.717, 1.165) is 12.0 Å². The van der Waals surface area contributed by atoms with E-state index in [9.17, 15) is 22.8 Å². The van der Waals surface area contributed by atoms with E-state index in [1.165, 1.54) is 0 Å². The van der Waals surface area contributed by atoms with Gasteiger partial charge in [-0.1, -0.05) is 43.2 Å². The molecular weight excluding hydrogens is 335 g/mol. The zero-order chi connectivity index (χ0) is 18.3. The summed E-state index contributed by atoms with van der Waals surface area (Å²) in [5.41, 5.74) is 1.08. The number of carbonyl (C=O) groups excluding carboxylic acids is 2. The molecule has 138 valence electrons. The lowest BCUT2D eigenvalue weighted by atomic mass is 9.78. The van der Waals surface area contributed by atoms with Gasteiger partial charge >= 0.3 is 12.1 Å². The molecule has 1 aliphatic carbocycles. The van der Waals surface area contributed by atoms with Crippen LogP contribution in [0.4, 0.5) is 13.2 Å². The Balaban J connectivity index is 1.85. The maximum Gasteiger partial charge on any atom is 0.422 e. The summed E-state index contributed by atoms with van der Waals surface area (Å²) in [6.07, 6.45) is -1.55. The SMILES string of the molecule is O=C(NCCc1ccccc1)C1CCCCC1C(=O)OCC(F)(F)F. The van der Waals surface area contributed by atoms with Gasteiger partial charge in [0, 0.05) is 6.54 Å². The van der Waals surface area contributed by atoms with E-state index >= 15 is 0 Å². The Bertz CT molecular complexity index is 575. The van der Waals surface area contributed by atoms with Crippen molar-refractivity contribution in [1.29, 1.82) is 0 Å². The third-order valence-electron chi connectivity index (χ3n) is 4.34. The van der Waals surface area contributed by atoms with Crippen LogP contribution in [-0.4, -0.2) is 31.2 Å². The second-order valence-corrected chi connectivity index (χ2v) is 6.25. The zero-order valence-corrected chi connectivity index (χ0v) is 13.8. The molecule has 0 saturated heterocycles. The van der Waals surface area contributed by atoms with Crippen molar-refractivity contribution in [3.05, 3.63) is 35.9 Å². The molecule has 4 nitrogen and oxygen atoms in total. The van der Waals surface area contributed by atoms with Crippen molar-refractivity contribution < 1.29 is 27.5 Å². The van der Waals surface area contributed by atoms with Gasteiger partial charge in [0.25, 0.3) is 0 Å². The second kappa shape index (κ2) is 8.87. The van der Waals surface area contributed by atoms with Gasteiger partial charge in [0.15, 0.2) is 6.61 Å². The predicted octanol–water partition coefficient (Wildman–Crippen LogP) is 3.26. The molecule has 1 aliphatic rings. The first-order valence-electron chi connectivity index (χ1n) is 8.42. The standard InChI is InChI=1S/C18H22F3NO3/c19-18(20,21)12-25-17(24)15-9-5-4-8-14(15)16(23)22-11-10-13-6-2-1-3-7-13/h1-3,6-7,14-15H,4-5,8-12H2,(H,22,23). The molecule has 7 heteroatoms. The van der Waals surface area contributed by atoms with Crippen molar-refractivity contribution in [2.24, 2.45) is 11.8 Å². The summed E-state index contributed by atoms with van der Waals surface area (Å²) < 4.78 is 41.0. The minimum absolute atomic E-state index is 0.287. The fraction of sp³-hybridized carbons (Fsp3) is 0.556. The van der Waals surface area contributed by atoms with Crippen molar-refractivity contribution in [1.82, 2.24) is 5.32 Å². The Hall–Kier alpha value is -2.05. The number of hydrogen-bond acceptors (Lipinski definition) is 3.